The molecule has 0 aliphatic heterocycles. The molecule has 28 heavy (non-hydrogen) atoms. The van der Waals surface area contributed by atoms with Gasteiger partial charge in [-0.3, -0.25) is 18.7 Å². The summed E-state index contributed by atoms with van der Waals surface area (Å²) >= 11 is 11.7. The Hall–Kier alpha value is -2.58. The normalized spacial score (nSPS) is 10.9. The zero-order chi connectivity index (χ0) is 21.2. The molecule has 0 atom stereocenters. The summed E-state index contributed by atoms with van der Waals surface area (Å²) in [7, 11) is 1.25. The van der Waals surface area contributed by atoms with Gasteiger partial charge in [-0.05, 0) is 24.1 Å². The van der Waals surface area contributed by atoms with Crippen LogP contribution in [0, 0.1) is 5.92 Å². The minimum atomic E-state index is -0.860. The standard InChI is InChI=1S/C18H19Cl2N3O5/c1-9(2)7-23-15(21)14(16(25)22(3)18(23)27)13(24)8-28-17(26)11-5-4-10(19)6-12(11)20/h4-6,9H,7-8,21H2,1-3H3. The van der Waals surface area contributed by atoms with E-state index in [9.17, 15) is 19.2 Å². The Morgan fingerprint density at radius 3 is 2.43 bits per heavy atom. The van der Waals surface area contributed by atoms with Crippen molar-refractivity contribution in [3.05, 3.63) is 60.2 Å². The number of carbonyl (C=O) groups excluding carboxylic acids is 2. The summed E-state index contributed by atoms with van der Waals surface area (Å²) in [4.78, 5) is 49.3. The number of benzene rings is 1. The highest BCUT2D eigenvalue weighted by Crippen LogP contribution is 2.21. The van der Waals surface area contributed by atoms with E-state index in [0.29, 0.717) is 5.02 Å². The first-order valence-electron chi connectivity index (χ1n) is 8.29. The summed E-state index contributed by atoms with van der Waals surface area (Å²) in [5.74, 6) is -1.90. The zero-order valence-electron chi connectivity index (χ0n) is 15.5. The molecule has 8 nitrogen and oxygen atoms in total. The number of ketones is 1. The van der Waals surface area contributed by atoms with Crippen molar-refractivity contribution in [2.45, 2.75) is 20.4 Å². The van der Waals surface area contributed by atoms with Gasteiger partial charge in [0.15, 0.2) is 6.61 Å². The number of halogens is 2. The molecule has 2 aromatic rings. The second-order valence-electron chi connectivity index (χ2n) is 6.53. The highest BCUT2D eigenvalue weighted by atomic mass is 35.5. The van der Waals surface area contributed by atoms with Gasteiger partial charge in [-0.1, -0.05) is 37.0 Å². The Kier molecular flexibility index (Phi) is 6.69. The highest BCUT2D eigenvalue weighted by molar-refractivity contribution is 6.36. The van der Waals surface area contributed by atoms with E-state index >= 15 is 0 Å². The average molecular weight is 428 g/mol. The maximum absolute atomic E-state index is 12.5. The van der Waals surface area contributed by atoms with E-state index in [2.05, 4.69) is 0 Å². The predicted molar refractivity (Wildman–Crippen MR) is 106 cm³/mol. The molecule has 0 aliphatic carbocycles. The molecule has 0 fully saturated rings. The largest absolute Gasteiger partial charge is 0.454 e. The number of hydrogen-bond donors (Lipinski definition) is 1. The van der Waals surface area contributed by atoms with Gasteiger partial charge in [0.2, 0.25) is 5.78 Å². The fourth-order valence-electron chi connectivity index (χ4n) is 2.52. The van der Waals surface area contributed by atoms with Crippen LogP contribution in [-0.2, 0) is 18.3 Å². The second kappa shape index (κ2) is 8.62. The van der Waals surface area contributed by atoms with Crippen LogP contribution in [0.5, 0.6) is 0 Å². The SMILES string of the molecule is CC(C)Cn1c(N)c(C(=O)COC(=O)c2ccc(Cl)cc2Cl)c(=O)n(C)c1=O. The lowest BCUT2D eigenvalue weighted by Crippen LogP contribution is -2.43. The molecular formula is C18H19Cl2N3O5. The van der Waals surface area contributed by atoms with E-state index in [0.717, 1.165) is 9.13 Å². The number of nitrogen functional groups attached to an aromatic ring is 1. The molecule has 1 heterocycles. The topological polar surface area (TPSA) is 113 Å². The minimum Gasteiger partial charge on any atom is -0.454 e. The number of Topliss-reactive ketones (excluding diaryl/α,β-unsaturated/α-hetero) is 1. The fraction of sp³-hybridized carbons (Fsp3) is 0.333. The number of ether oxygens (including phenoxy) is 1. The molecule has 0 unspecified atom stereocenters. The second-order valence-corrected chi connectivity index (χ2v) is 7.38. The number of anilines is 1. The van der Waals surface area contributed by atoms with E-state index in [4.69, 9.17) is 33.7 Å². The number of nitrogens with two attached hydrogens (primary N) is 1. The van der Waals surface area contributed by atoms with Gasteiger partial charge >= 0.3 is 11.7 Å². The van der Waals surface area contributed by atoms with Gasteiger partial charge in [-0.25, -0.2) is 9.59 Å². The molecule has 0 aliphatic rings. The monoisotopic (exact) mass is 427 g/mol. The van der Waals surface area contributed by atoms with Crippen molar-refractivity contribution < 1.29 is 14.3 Å². The van der Waals surface area contributed by atoms with Crippen LogP contribution < -0.4 is 17.0 Å². The van der Waals surface area contributed by atoms with Crippen molar-refractivity contribution in [2.24, 2.45) is 13.0 Å². The summed E-state index contributed by atoms with van der Waals surface area (Å²) < 4.78 is 6.90. The zero-order valence-corrected chi connectivity index (χ0v) is 17.0. The van der Waals surface area contributed by atoms with Crippen LogP contribution in [0.15, 0.2) is 27.8 Å². The Morgan fingerprint density at radius 2 is 1.86 bits per heavy atom. The van der Waals surface area contributed by atoms with Gasteiger partial charge < -0.3 is 10.5 Å². The van der Waals surface area contributed by atoms with E-state index in [1.165, 1.54) is 25.2 Å². The van der Waals surface area contributed by atoms with Crippen LogP contribution in [0.4, 0.5) is 5.82 Å². The molecule has 150 valence electrons. The van der Waals surface area contributed by atoms with Gasteiger partial charge in [-0.2, -0.15) is 0 Å². The summed E-state index contributed by atoms with van der Waals surface area (Å²) in [6.45, 7) is 3.20. The van der Waals surface area contributed by atoms with Crippen molar-refractivity contribution in [1.29, 1.82) is 0 Å². The Balaban J connectivity index is 2.31. The Labute approximate surface area is 170 Å². The molecule has 0 radical (unpaired) electrons. The average Bonchev–Trinajstić information content (AvgIpc) is 2.61. The lowest BCUT2D eigenvalue weighted by molar-refractivity contribution is 0.0474. The van der Waals surface area contributed by atoms with Crippen molar-refractivity contribution in [1.82, 2.24) is 9.13 Å². The quantitative estimate of drug-likeness (QED) is 0.557. The number of nitrogens with zero attached hydrogens (tertiary/aromatic N) is 2. The minimum absolute atomic E-state index is 0.0181. The first-order chi connectivity index (χ1) is 13.0. The van der Waals surface area contributed by atoms with Crippen molar-refractivity contribution in [3.63, 3.8) is 0 Å². The molecule has 1 aromatic carbocycles. The van der Waals surface area contributed by atoms with E-state index in [1.54, 1.807) is 0 Å². The predicted octanol–water partition coefficient (Wildman–Crippen LogP) is 2.13. The molecule has 0 saturated heterocycles. The van der Waals surface area contributed by atoms with Gasteiger partial charge in [-0.15, -0.1) is 0 Å². The number of esters is 1. The lowest BCUT2D eigenvalue weighted by Gasteiger charge is -2.16. The van der Waals surface area contributed by atoms with Crippen molar-refractivity contribution in [3.8, 4) is 0 Å². The molecule has 0 spiro atoms. The summed E-state index contributed by atoms with van der Waals surface area (Å²) in [6, 6.07) is 4.16. The maximum atomic E-state index is 12.5. The lowest BCUT2D eigenvalue weighted by atomic mass is 10.1. The third kappa shape index (κ3) is 4.45. The van der Waals surface area contributed by atoms with Crippen molar-refractivity contribution in [2.75, 3.05) is 12.3 Å². The number of carbonyl (C=O) groups is 2. The summed E-state index contributed by atoms with van der Waals surface area (Å²) in [5, 5.41) is 0.396. The Bertz CT molecular complexity index is 1060. The molecule has 10 heteroatoms. The van der Waals surface area contributed by atoms with Crippen LogP contribution in [0.1, 0.15) is 34.6 Å². The number of rotatable bonds is 6. The molecule has 0 saturated carbocycles. The Morgan fingerprint density at radius 1 is 1.21 bits per heavy atom. The number of hydrogen-bond acceptors (Lipinski definition) is 6. The highest BCUT2D eigenvalue weighted by Gasteiger charge is 2.23. The van der Waals surface area contributed by atoms with Gasteiger partial charge in [0, 0.05) is 18.6 Å². The third-order valence-corrected chi connectivity index (χ3v) is 4.44. The van der Waals surface area contributed by atoms with Crippen LogP contribution >= 0.6 is 23.2 Å². The van der Waals surface area contributed by atoms with Crippen molar-refractivity contribution >= 4 is 40.8 Å². The van der Waals surface area contributed by atoms with Crippen LogP contribution in [0.25, 0.3) is 0 Å². The van der Waals surface area contributed by atoms with Crippen LogP contribution in [0.3, 0.4) is 0 Å². The van der Waals surface area contributed by atoms with E-state index in [-0.39, 0.29) is 28.9 Å². The summed E-state index contributed by atoms with van der Waals surface area (Å²) in [5.41, 5.74) is 4.05. The van der Waals surface area contributed by atoms with E-state index in [1.807, 2.05) is 13.8 Å². The van der Waals surface area contributed by atoms with Gasteiger partial charge in [0.1, 0.15) is 11.4 Å². The van der Waals surface area contributed by atoms with E-state index < -0.39 is 35.2 Å². The van der Waals surface area contributed by atoms with Gasteiger partial charge in [0.05, 0.1) is 10.6 Å². The van der Waals surface area contributed by atoms with Crippen LogP contribution in [0.2, 0.25) is 10.0 Å². The first-order valence-corrected chi connectivity index (χ1v) is 9.04. The molecule has 1 aromatic heterocycles. The first kappa shape index (κ1) is 21.7. The molecule has 0 bridgehead atoms. The fourth-order valence-corrected chi connectivity index (χ4v) is 3.01. The smallest absolute Gasteiger partial charge is 0.340 e. The molecular weight excluding hydrogens is 409 g/mol. The molecule has 0 amide bonds. The third-order valence-electron chi connectivity index (χ3n) is 3.90. The molecule has 2 rings (SSSR count). The van der Waals surface area contributed by atoms with Crippen LogP contribution in [-0.4, -0.2) is 27.5 Å². The molecule has 2 N–H and O–H groups in total. The maximum Gasteiger partial charge on any atom is 0.340 e. The van der Waals surface area contributed by atoms with Gasteiger partial charge in [0.25, 0.3) is 5.56 Å². The summed E-state index contributed by atoms with van der Waals surface area (Å²) in [6.07, 6.45) is 0. The number of aromatic nitrogens is 2.